The van der Waals surface area contributed by atoms with E-state index in [4.69, 9.17) is 14.2 Å². The highest BCUT2D eigenvalue weighted by Gasteiger charge is 2.29. The van der Waals surface area contributed by atoms with Crippen LogP contribution in [0.2, 0.25) is 0 Å². The molecule has 8 heteroatoms. The van der Waals surface area contributed by atoms with Gasteiger partial charge in [0.1, 0.15) is 22.9 Å². The summed E-state index contributed by atoms with van der Waals surface area (Å²) in [5.41, 5.74) is -0.0195. The highest BCUT2D eigenvalue weighted by Crippen LogP contribution is 2.33. The molecule has 0 aliphatic heterocycles. The maximum Gasteiger partial charge on any atom is 0.415 e. The lowest BCUT2D eigenvalue weighted by atomic mass is 10.0. The van der Waals surface area contributed by atoms with E-state index in [0.29, 0.717) is 36.6 Å². The molecule has 7 nitrogen and oxygen atoms in total. The van der Waals surface area contributed by atoms with Crippen molar-refractivity contribution in [2.75, 3.05) is 26.7 Å². The minimum Gasteiger partial charge on any atom is -0.494 e. The molecule has 0 saturated heterocycles. The molecule has 1 atom stereocenters. The van der Waals surface area contributed by atoms with Gasteiger partial charge in [-0.2, -0.15) is 0 Å². The third kappa shape index (κ3) is 7.93. The van der Waals surface area contributed by atoms with E-state index in [0.717, 1.165) is 0 Å². The first kappa shape index (κ1) is 27.0. The number of nitrogens with zero attached hydrogens (tertiary/aromatic N) is 2. The molecule has 34 heavy (non-hydrogen) atoms. The van der Waals surface area contributed by atoms with Crippen LogP contribution in [0, 0.1) is 5.82 Å². The monoisotopic (exact) mass is 474 g/mol. The maximum atomic E-state index is 13.2. The summed E-state index contributed by atoms with van der Waals surface area (Å²) in [5, 5.41) is 0. The number of halogens is 1. The van der Waals surface area contributed by atoms with Crippen LogP contribution in [0.5, 0.6) is 11.5 Å². The number of carbonyl (C=O) groups is 2. The number of amides is 2. The van der Waals surface area contributed by atoms with Gasteiger partial charge in [-0.25, -0.2) is 14.0 Å². The lowest BCUT2D eigenvalue weighted by Crippen LogP contribution is -2.38. The average molecular weight is 475 g/mol. The molecular formula is C26H35FN2O5. The molecule has 0 spiro atoms. The molecule has 2 rings (SSSR count). The Balaban J connectivity index is 2.30. The fourth-order valence-electron chi connectivity index (χ4n) is 3.33. The van der Waals surface area contributed by atoms with Crippen LogP contribution in [0.15, 0.2) is 48.5 Å². The molecule has 0 N–H and O–H groups in total. The SMILES string of the molecule is CCN(CC)C(=O)Oc1ccccc1C(CCOc1ccc(F)cc1)N(C)C(=O)OC(C)(C)C. The van der Waals surface area contributed by atoms with Crippen molar-refractivity contribution >= 4 is 12.2 Å². The Hall–Kier alpha value is -3.29. The molecule has 0 heterocycles. The van der Waals surface area contributed by atoms with Crippen molar-refractivity contribution in [2.45, 2.75) is 52.7 Å². The predicted octanol–water partition coefficient (Wildman–Crippen LogP) is 6.04. The van der Waals surface area contributed by atoms with Gasteiger partial charge in [-0.05, 0) is 65.0 Å². The molecule has 2 amide bonds. The molecule has 0 aliphatic carbocycles. The lowest BCUT2D eigenvalue weighted by molar-refractivity contribution is 0.0199. The van der Waals surface area contributed by atoms with Gasteiger partial charge >= 0.3 is 12.2 Å². The number of hydrogen-bond donors (Lipinski definition) is 0. The van der Waals surface area contributed by atoms with Gasteiger partial charge in [-0.15, -0.1) is 0 Å². The fraction of sp³-hybridized carbons (Fsp3) is 0.462. The van der Waals surface area contributed by atoms with Crippen LogP contribution in [-0.4, -0.2) is 54.3 Å². The van der Waals surface area contributed by atoms with Crippen LogP contribution in [0.4, 0.5) is 14.0 Å². The summed E-state index contributed by atoms with van der Waals surface area (Å²) in [4.78, 5) is 28.5. The normalized spacial score (nSPS) is 12.0. The lowest BCUT2D eigenvalue weighted by Gasteiger charge is -2.32. The molecule has 2 aromatic carbocycles. The molecule has 0 aromatic heterocycles. The number of para-hydroxylation sites is 1. The van der Waals surface area contributed by atoms with Gasteiger partial charge in [0.25, 0.3) is 0 Å². The van der Waals surface area contributed by atoms with Gasteiger partial charge in [0.15, 0.2) is 0 Å². The zero-order chi connectivity index (χ0) is 25.3. The van der Waals surface area contributed by atoms with E-state index in [-0.39, 0.29) is 12.4 Å². The zero-order valence-corrected chi connectivity index (χ0v) is 20.8. The number of carbonyl (C=O) groups excluding carboxylic acids is 2. The van der Waals surface area contributed by atoms with Crippen molar-refractivity contribution in [3.63, 3.8) is 0 Å². The molecule has 0 saturated carbocycles. The highest BCUT2D eigenvalue weighted by molar-refractivity contribution is 5.72. The second kappa shape index (κ2) is 12.3. The summed E-state index contributed by atoms with van der Waals surface area (Å²) in [5.74, 6) is 0.529. The Labute approximate surface area is 201 Å². The van der Waals surface area contributed by atoms with Crippen molar-refractivity contribution in [2.24, 2.45) is 0 Å². The van der Waals surface area contributed by atoms with Crippen molar-refractivity contribution in [1.82, 2.24) is 9.80 Å². The molecule has 0 fully saturated rings. The minimum absolute atomic E-state index is 0.238. The highest BCUT2D eigenvalue weighted by atomic mass is 19.1. The first-order chi connectivity index (χ1) is 16.1. The first-order valence-corrected chi connectivity index (χ1v) is 11.5. The molecular weight excluding hydrogens is 439 g/mol. The van der Waals surface area contributed by atoms with Gasteiger partial charge in [-0.3, -0.25) is 0 Å². The molecule has 2 aromatic rings. The summed E-state index contributed by atoms with van der Waals surface area (Å²) >= 11 is 0. The summed E-state index contributed by atoms with van der Waals surface area (Å²) in [7, 11) is 1.64. The van der Waals surface area contributed by atoms with E-state index in [1.54, 1.807) is 57.0 Å². The Bertz CT molecular complexity index is 939. The Morgan fingerprint density at radius 1 is 0.971 bits per heavy atom. The number of benzene rings is 2. The van der Waals surface area contributed by atoms with E-state index in [1.807, 2.05) is 26.0 Å². The quantitative estimate of drug-likeness (QED) is 0.443. The van der Waals surface area contributed by atoms with Crippen LogP contribution in [-0.2, 0) is 4.74 Å². The van der Waals surface area contributed by atoms with Crippen molar-refractivity contribution < 1.29 is 28.2 Å². The molecule has 0 aliphatic rings. The Morgan fingerprint density at radius 3 is 2.18 bits per heavy atom. The summed E-state index contributed by atoms with van der Waals surface area (Å²) in [6.07, 6.45) is -0.588. The van der Waals surface area contributed by atoms with E-state index in [1.165, 1.54) is 17.0 Å². The maximum absolute atomic E-state index is 13.2. The largest absolute Gasteiger partial charge is 0.494 e. The average Bonchev–Trinajstić information content (AvgIpc) is 2.78. The van der Waals surface area contributed by atoms with E-state index in [9.17, 15) is 14.0 Å². The van der Waals surface area contributed by atoms with Crippen LogP contribution in [0.3, 0.4) is 0 Å². The van der Waals surface area contributed by atoms with Crippen molar-refractivity contribution in [3.8, 4) is 11.5 Å². The second-order valence-electron chi connectivity index (χ2n) is 8.78. The third-order valence-electron chi connectivity index (χ3n) is 5.12. The van der Waals surface area contributed by atoms with E-state index < -0.39 is 23.8 Å². The van der Waals surface area contributed by atoms with Gasteiger partial charge in [0, 0.05) is 32.1 Å². The standard InChI is InChI=1S/C26H35FN2O5/c1-7-29(8-2)25(31)33-23-12-10-9-11-21(23)22(28(6)24(30)34-26(3,4)5)17-18-32-20-15-13-19(27)14-16-20/h9-16,22H,7-8,17-18H2,1-6H3. The zero-order valence-electron chi connectivity index (χ0n) is 20.8. The second-order valence-corrected chi connectivity index (χ2v) is 8.78. The number of ether oxygens (including phenoxy) is 3. The summed E-state index contributed by atoms with van der Waals surface area (Å²) in [6, 6.07) is 12.3. The van der Waals surface area contributed by atoms with Crippen molar-refractivity contribution in [3.05, 3.63) is 59.9 Å². The van der Waals surface area contributed by atoms with Gasteiger partial charge in [-0.1, -0.05) is 18.2 Å². The van der Waals surface area contributed by atoms with Crippen LogP contribution in [0.25, 0.3) is 0 Å². The summed E-state index contributed by atoms with van der Waals surface area (Å²) in [6.45, 7) is 10.4. The Morgan fingerprint density at radius 2 is 1.59 bits per heavy atom. The van der Waals surface area contributed by atoms with Gasteiger partial charge in [0.2, 0.25) is 0 Å². The number of hydrogen-bond acceptors (Lipinski definition) is 5. The van der Waals surface area contributed by atoms with Gasteiger partial charge < -0.3 is 24.0 Å². The summed E-state index contributed by atoms with van der Waals surface area (Å²) < 4.78 is 30.2. The minimum atomic E-state index is -0.671. The van der Waals surface area contributed by atoms with E-state index >= 15 is 0 Å². The predicted molar refractivity (Wildman–Crippen MR) is 129 cm³/mol. The van der Waals surface area contributed by atoms with Crippen LogP contribution >= 0.6 is 0 Å². The fourth-order valence-corrected chi connectivity index (χ4v) is 3.33. The Kier molecular flexibility index (Phi) is 9.71. The van der Waals surface area contributed by atoms with Gasteiger partial charge in [0.05, 0.1) is 12.6 Å². The van der Waals surface area contributed by atoms with Crippen LogP contribution in [0.1, 0.15) is 52.6 Å². The molecule has 186 valence electrons. The topological polar surface area (TPSA) is 68.3 Å². The molecule has 1 unspecified atom stereocenters. The molecule has 0 bridgehead atoms. The van der Waals surface area contributed by atoms with E-state index in [2.05, 4.69) is 0 Å². The molecule has 0 radical (unpaired) electrons. The number of rotatable bonds is 9. The third-order valence-corrected chi connectivity index (χ3v) is 5.12. The van der Waals surface area contributed by atoms with Crippen molar-refractivity contribution in [1.29, 1.82) is 0 Å². The van der Waals surface area contributed by atoms with Crippen LogP contribution < -0.4 is 9.47 Å². The smallest absolute Gasteiger partial charge is 0.415 e. The first-order valence-electron chi connectivity index (χ1n) is 11.5.